The normalized spacial score (nSPS) is 46.4. The summed E-state index contributed by atoms with van der Waals surface area (Å²) in [4.78, 5) is 0. The Balaban J connectivity index is 2.66. The second kappa shape index (κ2) is 4.32. The van der Waals surface area contributed by atoms with Crippen molar-refractivity contribution in [1.82, 2.24) is 0 Å². The molecule has 78 valence electrons. The van der Waals surface area contributed by atoms with Crippen molar-refractivity contribution in [3.8, 4) is 0 Å². The van der Waals surface area contributed by atoms with Crippen LogP contribution in [0.5, 0.6) is 0 Å². The zero-order chi connectivity index (χ0) is 10.0. The number of ether oxygens (including phenoxy) is 2. The van der Waals surface area contributed by atoms with Gasteiger partial charge in [-0.15, -0.1) is 0 Å². The maximum absolute atomic E-state index is 9.40. The summed E-state index contributed by atoms with van der Waals surface area (Å²) in [6.07, 6.45) is -3.85. The van der Waals surface area contributed by atoms with Crippen LogP contribution in [0.15, 0.2) is 0 Å². The lowest BCUT2D eigenvalue weighted by molar-refractivity contribution is -0.267. The van der Waals surface area contributed by atoms with Crippen molar-refractivity contribution >= 4 is 0 Å². The largest absolute Gasteiger partial charge is 0.394 e. The van der Waals surface area contributed by atoms with E-state index in [0.717, 1.165) is 0 Å². The Hall–Kier alpha value is -0.240. The third kappa shape index (κ3) is 1.98. The molecule has 0 spiro atoms. The van der Waals surface area contributed by atoms with Crippen LogP contribution in [0.4, 0.5) is 0 Å². The number of aliphatic hydroxyl groups is 3. The van der Waals surface area contributed by atoms with Crippen molar-refractivity contribution in [2.75, 3.05) is 13.7 Å². The Labute approximate surface area is 75.9 Å². The van der Waals surface area contributed by atoms with Crippen LogP contribution < -0.4 is 5.73 Å². The first-order chi connectivity index (χ1) is 6.11. The van der Waals surface area contributed by atoms with E-state index in [1.807, 2.05) is 0 Å². The molecule has 0 bridgehead atoms. The zero-order valence-corrected chi connectivity index (χ0v) is 7.33. The molecule has 6 nitrogen and oxygen atoms in total. The third-order valence-corrected chi connectivity index (χ3v) is 2.17. The lowest BCUT2D eigenvalue weighted by Gasteiger charge is -2.39. The van der Waals surface area contributed by atoms with Gasteiger partial charge in [-0.05, 0) is 0 Å². The van der Waals surface area contributed by atoms with Crippen LogP contribution in [-0.2, 0) is 9.47 Å². The van der Waals surface area contributed by atoms with E-state index in [1.165, 1.54) is 7.11 Å². The van der Waals surface area contributed by atoms with Gasteiger partial charge in [0.1, 0.15) is 18.3 Å². The Kier molecular flexibility index (Phi) is 3.60. The molecule has 0 aromatic carbocycles. The molecule has 1 aliphatic heterocycles. The number of nitrogens with two attached hydrogens (primary N) is 1. The molecule has 1 heterocycles. The summed E-state index contributed by atoms with van der Waals surface area (Å²) in [5.41, 5.74) is 5.48. The van der Waals surface area contributed by atoms with Crippen molar-refractivity contribution in [2.45, 2.75) is 30.6 Å². The van der Waals surface area contributed by atoms with Gasteiger partial charge in [-0.1, -0.05) is 0 Å². The minimum atomic E-state index is -1.08. The van der Waals surface area contributed by atoms with Gasteiger partial charge >= 0.3 is 0 Å². The fourth-order valence-corrected chi connectivity index (χ4v) is 1.31. The molecule has 4 unspecified atom stereocenters. The van der Waals surface area contributed by atoms with Gasteiger partial charge < -0.3 is 30.5 Å². The summed E-state index contributed by atoms with van der Waals surface area (Å²) in [7, 11) is 1.35. The highest BCUT2D eigenvalue weighted by Gasteiger charge is 2.42. The van der Waals surface area contributed by atoms with Crippen LogP contribution in [0.1, 0.15) is 0 Å². The second-order valence-electron chi connectivity index (χ2n) is 3.02. The monoisotopic (exact) mass is 193 g/mol. The summed E-state index contributed by atoms with van der Waals surface area (Å²) in [5.74, 6) is 0. The number of rotatable bonds is 2. The molecule has 1 aliphatic rings. The van der Waals surface area contributed by atoms with E-state index in [9.17, 15) is 10.2 Å². The van der Waals surface area contributed by atoms with E-state index in [1.54, 1.807) is 0 Å². The third-order valence-electron chi connectivity index (χ3n) is 2.17. The molecule has 0 saturated carbocycles. The van der Waals surface area contributed by atoms with Gasteiger partial charge in [-0.3, -0.25) is 0 Å². The van der Waals surface area contributed by atoms with Crippen molar-refractivity contribution in [1.29, 1.82) is 0 Å². The first-order valence-corrected chi connectivity index (χ1v) is 4.02. The molecule has 0 aliphatic carbocycles. The maximum atomic E-state index is 9.40. The number of hydrogen-bond acceptors (Lipinski definition) is 6. The summed E-state index contributed by atoms with van der Waals surface area (Å²) in [5, 5.41) is 27.6. The predicted octanol–water partition coefficient (Wildman–Crippen LogP) is -2.60. The van der Waals surface area contributed by atoms with Crippen molar-refractivity contribution in [3.05, 3.63) is 0 Å². The van der Waals surface area contributed by atoms with Crippen LogP contribution >= 0.6 is 0 Å². The van der Waals surface area contributed by atoms with Gasteiger partial charge in [0.25, 0.3) is 0 Å². The molecule has 1 saturated heterocycles. The van der Waals surface area contributed by atoms with Gasteiger partial charge in [0.15, 0.2) is 6.29 Å². The summed E-state index contributed by atoms with van der Waals surface area (Å²) in [6, 6.07) is -0.865. The quantitative estimate of drug-likeness (QED) is 0.383. The van der Waals surface area contributed by atoms with E-state index < -0.39 is 30.6 Å². The minimum absolute atomic E-state index is 0.360. The molecule has 1 fully saturated rings. The second-order valence-corrected chi connectivity index (χ2v) is 3.02. The van der Waals surface area contributed by atoms with Crippen LogP contribution in [0.2, 0.25) is 0 Å². The Morgan fingerprint density at radius 2 is 2.00 bits per heavy atom. The smallest absolute Gasteiger partial charge is 0.185 e. The summed E-state index contributed by atoms with van der Waals surface area (Å²) < 4.78 is 9.81. The average molecular weight is 193 g/mol. The SMILES string of the molecule is COC1O[C@H](CO)C(O)C(N)C1O. The van der Waals surface area contributed by atoms with Gasteiger partial charge in [-0.2, -0.15) is 0 Å². The van der Waals surface area contributed by atoms with Crippen LogP contribution in [0, 0.1) is 0 Å². The number of hydrogen-bond donors (Lipinski definition) is 4. The van der Waals surface area contributed by atoms with E-state index >= 15 is 0 Å². The lowest BCUT2D eigenvalue weighted by atomic mass is 9.97. The zero-order valence-electron chi connectivity index (χ0n) is 7.33. The highest BCUT2D eigenvalue weighted by Crippen LogP contribution is 2.19. The molecule has 6 heteroatoms. The number of aliphatic hydroxyl groups excluding tert-OH is 3. The van der Waals surface area contributed by atoms with E-state index in [2.05, 4.69) is 0 Å². The van der Waals surface area contributed by atoms with E-state index in [0.29, 0.717) is 0 Å². The predicted molar refractivity (Wildman–Crippen MR) is 42.7 cm³/mol. The topological polar surface area (TPSA) is 105 Å². The molecular weight excluding hydrogens is 178 g/mol. The number of methoxy groups -OCH3 is 1. The summed E-state index contributed by atoms with van der Waals surface area (Å²) in [6.45, 7) is -0.360. The van der Waals surface area contributed by atoms with Crippen molar-refractivity contribution in [2.24, 2.45) is 5.73 Å². The maximum Gasteiger partial charge on any atom is 0.185 e. The fraction of sp³-hybridized carbons (Fsp3) is 1.00. The van der Waals surface area contributed by atoms with Gasteiger partial charge in [0.05, 0.1) is 12.6 Å². The molecule has 0 amide bonds. The lowest BCUT2D eigenvalue weighted by Crippen LogP contribution is -2.62. The Morgan fingerprint density at radius 3 is 2.46 bits per heavy atom. The van der Waals surface area contributed by atoms with Crippen LogP contribution in [-0.4, -0.2) is 59.7 Å². The molecule has 5 atom stereocenters. The molecule has 0 aromatic rings. The van der Waals surface area contributed by atoms with E-state index in [4.69, 9.17) is 20.3 Å². The van der Waals surface area contributed by atoms with Crippen LogP contribution in [0.3, 0.4) is 0 Å². The van der Waals surface area contributed by atoms with Crippen molar-refractivity contribution < 1.29 is 24.8 Å². The van der Waals surface area contributed by atoms with Crippen LogP contribution in [0.25, 0.3) is 0 Å². The molecule has 1 rings (SSSR count). The highest BCUT2D eigenvalue weighted by molar-refractivity contribution is 4.91. The molecule has 0 aromatic heterocycles. The molecule has 5 N–H and O–H groups in total. The Bertz CT molecular complexity index is 147. The summed E-state index contributed by atoms with van der Waals surface area (Å²) >= 11 is 0. The molecule has 13 heavy (non-hydrogen) atoms. The van der Waals surface area contributed by atoms with Gasteiger partial charge in [0, 0.05) is 7.11 Å². The molecular formula is C7H15NO5. The first kappa shape index (κ1) is 10.8. The standard InChI is InChI=1S/C7H15NO5/c1-12-7-6(11)4(8)5(10)3(2-9)13-7/h3-7,9-11H,2,8H2,1H3/t3-,4?,5?,6?,7?/m1/s1. The first-order valence-electron chi connectivity index (χ1n) is 4.02. The minimum Gasteiger partial charge on any atom is -0.394 e. The molecule has 0 radical (unpaired) electrons. The average Bonchev–Trinajstić information content (AvgIpc) is 2.15. The van der Waals surface area contributed by atoms with Gasteiger partial charge in [-0.25, -0.2) is 0 Å². The highest BCUT2D eigenvalue weighted by atomic mass is 16.7. The fourth-order valence-electron chi connectivity index (χ4n) is 1.31. The van der Waals surface area contributed by atoms with E-state index in [-0.39, 0.29) is 6.61 Å². The van der Waals surface area contributed by atoms with Gasteiger partial charge in [0.2, 0.25) is 0 Å². The van der Waals surface area contributed by atoms with Crippen molar-refractivity contribution in [3.63, 3.8) is 0 Å². The Morgan fingerprint density at radius 1 is 1.38 bits per heavy atom.